The van der Waals surface area contributed by atoms with E-state index >= 15 is 0 Å². The average molecular weight is 680 g/mol. The topological polar surface area (TPSA) is 185 Å². The van der Waals surface area contributed by atoms with Crippen LogP contribution < -0.4 is 21.7 Å². The standard InChI is InChI=1S/C34H57N5O7S/c1-21-19-39(24(18-33(21)15-16-33)28(42)36-23(17-22-11-12-22)25(40)27(35)41)29(43)26(31(2,3)4)37-30(44)38-34(13-9-8-10-14-34)20-47(45,46)32(5,6)7/h21-24,26H,8-20H2,1-7H3,(H2,35,41)(H,36,42)(H2,37,38,44)/t21?,23?,24-,26+/m0/s1. The van der Waals surface area contributed by atoms with Gasteiger partial charge in [-0.15, -0.1) is 0 Å². The molecule has 3 saturated carbocycles. The summed E-state index contributed by atoms with van der Waals surface area (Å²) in [5.74, 6) is -2.70. The lowest BCUT2D eigenvalue weighted by molar-refractivity contribution is -0.150. The first-order chi connectivity index (χ1) is 21.6. The van der Waals surface area contributed by atoms with E-state index in [9.17, 15) is 32.4 Å². The molecule has 5 amide bonds. The number of urea groups is 1. The molecule has 0 aromatic carbocycles. The van der Waals surface area contributed by atoms with Crippen LogP contribution in [0.1, 0.15) is 119 Å². The predicted molar refractivity (Wildman–Crippen MR) is 179 cm³/mol. The number of piperidine rings is 1. The Morgan fingerprint density at radius 2 is 1.51 bits per heavy atom. The fourth-order valence-corrected chi connectivity index (χ4v) is 8.86. The number of primary amides is 1. The number of rotatable bonds is 11. The number of carbonyl (C=O) groups excluding carboxylic acids is 5. The quantitative estimate of drug-likeness (QED) is 0.242. The Morgan fingerprint density at radius 3 is 2.00 bits per heavy atom. The summed E-state index contributed by atoms with van der Waals surface area (Å²) in [6, 6.07) is -3.59. The van der Waals surface area contributed by atoms with Crippen molar-refractivity contribution < 1.29 is 32.4 Å². The highest BCUT2D eigenvalue weighted by Gasteiger charge is 2.56. The van der Waals surface area contributed by atoms with Crippen LogP contribution in [0.5, 0.6) is 0 Å². The highest BCUT2D eigenvalue weighted by molar-refractivity contribution is 7.92. The third-order valence-electron chi connectivity index (χ3n) is 11.1. The van der Waals surface area contributed by atoms with Crippen LogP contribution in [-0.4, -0.2) is 83.6 Å². The highest BCUT2D eigenvalue weighted by Crippen LogP contribution is 2.58. The third-order valence-corrected chi connectivity index (χ3v) is 13.9. The van der Waals surface area contributed by atoms with Gasteiger partial charge in [-0.3, -0.25) is 19.2 Å². The van der Waals surface area contributed by atoms with Crippen LogP contribution >= 0.6 is 0 Å². The zero-order valence-electron chi connectivity index (χ0n) is 29.4. The molecule has 0 aromatic rings. The molecule has 2 unspecified atom stereocenters. The van der Waals surface area contributed by atoms with Gasteiger partial charge >= 0.3 is 6.03 Å². The minimum atomic E-state index is -3.56. The van der Waals surface area contributed by atoms with Crippen molar-refractivity contribution in [3.63, 3.8) is 0 Å². The SMILES string of the molecule is CC1CN(C(=O)[C@@H](NC(=O)NC2(CS(=O)(=O)C(C)(C)C)CCCCC2)C(C)(C)C)[C@H](C(=O)NC(CC2CC2)C(=O)C(N)=O)CC12CC2. The number of hydrogen-bond donors (Lipinski definition) is 4. The first kappa shape index (κ1) is 37.1. The van der Waals surface area contributed by atoms with Gasteiger partial charge in [0.1, 0.15) is 12.1 Å². The van der Waals surface area contributed by atoms with E-state index in [2.05, 4.69) is 22.9 Å². The Balaban J connectivity index is 1.57. The number of carbonyl (C=O) groups is 5. The van der Waals surface area contributed by atoms with Crippen LogP contribution in [0.15, 0.2) is 0 Å². The Kier molecular flexibility index (Phi) is 10.5. The Bertz CT molecular complexity index is 1350. The van der Waals surface area contributed by atoms with Crippen LogP contribution in [0.25, 0.3) is 0 Å². The number of nitrogens with zero attached hydrogens (tertiary/aromatic N) is 1. The lowest BCUT2D eigenvalue weighted by Gasteiger charge is -2.46. The van der Waals surface area contributed by atoms with Crippen LogP contribution in [0.3, 0.4) is 0 Å². The lowest BCUT2D eigenvalue weighted by Crippen LogP contribution is -2.66. The second-order valence-electron chi connectivity index (χ2n) is 17.1. The van der Waals surface area contributed by atoms with E-state index in [0.717, 1.165) is 44.9 Å². The van der Waals surface area contributed by atoms with Gasteiger partial charge in [-0.2, -0.15) is 0 Å². The summed E-state index contributed by atoms with van der Waals surface area (Å²) in [7, 11) is -3.56. The number of sulfone groups is 1. The van der Waals surface area contributed by atoms with E-state index in [0.29, 0.717) is 32.2 Å². The van der Waals surface area contributed by atoms with Crippen LogP contribution in [-0.2, 0) is 29.0 Å². The minimum Gasteiger partial charge on any atom is -0.363 e. The van der Waals surface area contributed by atoms with E-state index in [4.69, 9.17) is 5.73 Å². The minimum absolute atomic E-state index is 0.0770. The molecule has 0 aromatic heterocycles. The Hall–Kier alpha value is -2.70. The van der Waals surface area contributed by atoms with Crippen LogP contribution in [0.2, 0.25) is 0 Å². The van der Waals surface area contributed by atoms with E-state index in [1.54, 1.807) is 20.8 Å². The van der Waals surface area contributed by atoms with Gasteiger partial charge in [0.2, 0.25) is 17.6 Å². The molecule has 266 valence electrons. The summed E-state index contributed by atoms with van der Waals surface area (Å²) >= 11 is 0. The molecular weight excluding hydrogens is 622 g/mol. The summed E-state index contributed by atoms with van der Waals surface area (Å²) in [6.07, 6.45) is 8.01. The molecule has 4 rings (SSSR count). The van der Waals surface area contributed by atoms with Crippen molar-refractivity contribution in [3.8, 4) is 0 Å². The van der Waals surface area contributed by atoms with Gasteiger partial charge in [-0.25, -0.2) is 13.2 Å². The molecule has 0 bridgehead atoms. The number of likely N-dealkylation sites (tertiary alicyclic amines) is 1. The largest absolute Gasteiger partial charge is 0.363 e. The van der Waals surface area contributed by atoms with Gasteiger partial charge in [-0.1, -0.05) is 59.8 Å². The molecule has 4 atom stereocenters. The molecule has 5 N–H and O–H groups in total. The van der Waals surface area contributed by atoms with Crippen molar-refractivity contribution in [3.05, 3.63) is 0 Å². The number of Topliss-reactive ketones (excluding diaryl/α,β-unsaturated/α-hetero) is 1. The van der Waals surface area contributed by atoms with Gasteiger partial charge < -0.3 is 26.6 Å². The second kappa shape index (κ2) is 13.3. The van der Waals surface area contributed by atoms with Gasteiger partial charge in [0.15, 0.2) is 9.84 Å². The monoisotopic (exact) mass is 679 g/mol. The number of amides is 5. The number of nitrogens with one attached hydrogen (secondary N) is 3. The Labute approximate surface area is 280 Å². The lowest BCUT2D eigenvalue weighted by atomic mass is 9.78. The summed E-state index contributed by atoms with van der Waals surface area (Å²) in [5, 5.41) is 8.66. The number of nitrogens with two attached hydrogens (primary N) is 1. The first-order valence-corrected chi connectivity index (χ1v) is 19.0. The maximum Gasteiger partial charge on any atom is 0.315 e. The Morgan fingerprint density at radius 1 is 0.915 bits per heavy atom. The molecule has 1 saturated heterocycles. The average Bonchev–Trinajstić information content (AvgIpc) is 3.88. The molecule has 47 heavy (non-hydrogen) atoms. The molecule has 13 heteroatoms. The van der Waals surface area contributed by atoms with Crippen molar-refractivity contribution in [1.82, 2.24) is 20.9 Å². The van der Waals surface area contributed by atoms with E-state index in [-0.39, 0.29) is 23.0 Å². The van der Waals surface area contributed by atoms with E-state index in [1.165, 1.54) is 4.90 Å². The van der Waals surface area contributed by atoms with Gasteiger partial charge in [-0.05, 0) is 82.0 Å². The van der Waals surface area contributed by atoms with Crippen LogP contribution in [0, 0.1) is 22.7 Å². The zero-order chi connectivity index (χ0) is 35.2. The molecule has 1 spiro atoms. The fourth-order valence-electron chi connectivity index (χ4n) is 7.34. The predicted octanol–water partition coefficient (Wildman–Crippen LogP) is 2.97. The summed E-state index contributed by atoms with van der Waals surface area (Å²) < 4.78 is 25.6. The van der Waals surface area contributed by atoms with E-state index < -0.39 is 73.2 Å². The first-order valence-electron chi connectivity index (χ1n) is 17.4. The summed E-state index contributed by atoms with van der Waals surface area (Å²) in [6.45, 7) is 12.8. The van der Waals surface area contributed by atoms with Gasteiger partial charge in [0, 0.05) is 6.54 Å². The van der Waals surface area contributed by atoms with Gasteiger partial charge in [0.05, 0.1) is 22.1 Å². The fraction of sp³-hybridized carbons (Fsp3) is 0.853. The van der Waals surface area contributed by atoms with Crippen molar-refractivity contribution in [1.29, 1.82) is 0 Å². The molecule has 12 nitrogen and oxygen atoms in total. The third kappa shape index (κ3) is 8.67. The summed E-state index contributed by atoms with van der Waals surface area (Å²) in [5.41, 5.74) is 3.52. The van der Waals surface area contributed by atoms with Crippen molar-refractivity contribution in [2.45, 2.75) is 148 Å². The number of hydrogen-bond acceptors (Lipinski definition) is 7. The maximum absolute atomic E-state index is 14.5. The zero-order valence-corrected chi connectivity index (χ0v) is 30.2. The highest BCUT2D eigenvalue weighted by atomic mass is 32.2. The molecule has 4 fully saturated rings. The molecule has 1 heterocycles. The maximum atomic E-state index is 14.5. The normalized spacial score (nSPS) is 25.3. The van der Waals surface area contributed by atoms with Crippen molar-refractivity contribution in [2.75, 3.05) is 12.3 Å². The molecule has 1 aliphatic heterocycles. The molecule has 0 radical (unpaired) electrons. The smallest absolute Gasteiger partial charge is 0.315 e. The van der Waals surface area contributed by atoms with Crippen molar-refractivity contribution in [2.24, 2.45) is 28.4 Å². The molecular formula is C34H57N5O7S. The van der Waals surface area contributed by atoms with Crippen LogP contribution in [0.4, 0.5) is 4.79 Å². The van der Waals surface area contributed by atoms with Crippen molar-refractivity contribution >= 4 is 39.4 Å². The van der Waals surface area contributed by atoms with Gasteiger partial charge in [0.25, 0.3) is 5.91 Å². The molecule has 4 aliphatic rings. The summed E-state index contributed by atoms with van der Waals surface area (Å²) in [4.78, 5) is 68.1. The number of ketones is 1. The molecule has 3 aliphatic carbocycles. The second-order valence-corrected chi connectivity index (χ2v) is 19.8. The van der Waals surface area contributed by atoms with E-state index in [1.807, 2.05) is 20.8 Å².